The van der Waals surface area contributed by atoms with Gasteiger partial charge in [0.05, 0.1) is 0 Å². The number of amides is 1. The molecule has 6 heteroatoms. The third kappa shape index (κ3) is 9.67. The lowest BCUT2D eigenvalue weighted by atomic mass is 10.1. The highest BCUT2D eigenvalue weighted by Gasteiger charge is 2.06. The molecule has 0 radical (unpaired) electrons. The van der Waals surface area contributed by atoms with Gasteiger partial charge in [0.15, 0.2) is 5.96 Å². The maximum atomic E-state index is 11.7. The van der Waals surface area contributed by atoms with E-state index in [4.69, 9.17) is 0 Å². The Kier molecular flexibility index (Phi) is 13.2. The zero-order valence-electron chi connectivity index (χ0n) is 15.9. The summed E-state index contributed by atoms with van der Waals surface area (Å²) in [5.41, 5.74) is 1.83. The summed E-state index contributed by atoms with van der Waals surface area (Å²) in [6.45, 7) is 5.19. The molecule has 0 aliphatic heterocycles. The maximum Gasteiger partial charge on any atom is 0.251 e. The lowest BCUT2D eigenvalue weighted by Crippen LogP contribution is -2.42. The first kappa shape index (κ1) is 23.7. The van der Waals surface area contributed by atoms with Crippen molar-refractivity contribution in [3.63, 3.8) is 0 Å². The van der Waals surface area contributed by atoms with Crippen molar-refractivity contribution in [2.75, 3.05) is 20.6 Å². The van der Waals surface area contributed by atoms with Gasteiger partial charge < -0.3 is 16.0 Å². The zero-order valence-corrected chi connectivity index (χ0v) is 18.2. The summed E-state index contributed by atoms with van der Waals surface area (Å²) in [7, 11) is 3.44. The molecule has 0 saturated heterocycles. The molecule has 1 rings (SSSR count). The van der Waals surface area contributed by atoms with Gasteiger partial charge in [0.2, 0.25) is 0 Å². The molecule has 3 N–H and O–H groups in total. The van der Waals surface area contributed by atoms with Gasteiger partial charge in [-0.3, -0.25) is 9.79 Å². The monoisotopic (exact) mass is 460 g/mol. The quantitative estimate of drug-likeness (QED) is 0.229. The molecular formula is C19H33IN4O. The Morgan fingerprint density at radius 2 is 2.04 bits per heavy atom. The SMILES string of the molecule is CCCCCC(C)NC(=NC)NCCc1cccc(C(=O)NC)c1.I. The number of rotatable bonds is 9. The van der Waals surface area contributed by atoms with E-state index in [0.717, 1.165) is 30.9 Å². The minimum Gasteiger partial charge on any atom is -0.356 e. The summed E-state index contributed by atoms with van der Waals surface area (Å²) >= 11 is 0. The van der Waals surface area contributed by atoms with Crippen LogP contribution in [0.3, 0.4) is 0 Å². The number of carbonyl (C=O) groups excluding carboxylic acids is 1. The van der Waals surface area contributed by atoms with Crippen LogP contribution in [0.25, 0.3) is 0 Å². The minimum atomic E-state index is -0.0526. The summed E-state index contributed by atoms with van der Waals surface area (Å²) in [6.07, 6.45) is 5.76. The van der Waals surface area contributed by atoms with Gasteiger partial charge in [-0.05, 0) is 37.5 Å². The Hall–Kier alpha value is -1.31. The second-order valence-corrected chi connectivity index (χ2v) is 6.07. The fourth-order valence-electron chi connectivity index (χ4n) is 2.54. The fraction of sp³-hybridized carbons (Fsp3) is 0.579. The van der Waals surface area contributed by atoms with E-state index in [1.165, 1.54) is 19.3 Å². The summed E-state index contributed by atoms with van der Waals surface area (Å²) < 4.78 is 0. The van der Waals surface area contributed by atoms with Crippen LogP contribution in [-0.4, -0.2) is 38.5 Å². The molecule has 1 atom stereocenters. The Labute approximate surface area is 169 Å². The number of carbonyl (C=O) groups is 1. The standard InChI is InChI=1S/C19H32N4O.HI/c1-5-6-7-9-15(2)23-19(21-4)22-13-12-16-10-8-11-17(14-16)18(24)20-3;/h8,10-11,14-15H,5-7,9,12-13H2,1-4H3,(H,20,24)(H2,21,22,23);1H. The second kappa shape index (κ2) is 13.9. The van der Waals surface area contributed by atoms with Crippen molar-refractivity contribution in [3.05, 3.63) is 35.4 Å². The average molecular weight is 460 g/mol. The zero-order chi connectivity index (χ0) is 17.8. The normalized spacial score (nSPS) is 12.1. The number of guanidine groups is 1. The predicted molar refractivity (Wildman–Crippen MR) is 117 cm³/mol. The molecule has 0 bridgehead atoms. The molecule has 0 saturated carbocycles. The second-order valence-electron chi connectivity index (χ2n) is 6.07. The summed E-state index contributed by atoms with van der Waals surface area (Å²) in [4.78, 5) is 15.9. The van der Waals surface area contributed by atoms with Crippen LogP contribution in [-0.2, 0) is 6.42 Å². The number of benzene rings is 1. The number of nitrogens with zero attached hydrogens (tertiary/aromatic N) is 1. The number of nitrogens with one attached hydrogen (secondary N) is 3. The molecule has 1 aromatic carbocycles. The van der Waals surface area contributed by atoms with Crippen molar-refractivity contribution in [1.82, 2.24) is 16.0 Å². The third-order valence-corrected chi connectivity index (χ3v) is 3.97. The van der Waals surface area contributed by atoms with Crippen LogP contribution >= 0.6 is 24.0 Å². The summed E-state index contributed by atoms with van der Waals surface area (Å²) in [6, 6.07) is 8.14. The van der Waals surface area contributed by atoms with E-state index in [1.807, 2.05) is 24.3 Å². The van der Waals surface area contributed by atoms with Gasteiger partial charge in [-0.1, -0.05) is 38.3 Å². The van der Waals surface area contributed by atoms with E-state index >= 15 is 0 Å². The molecule has 1 amide bonds. The molecule has 0 aliphatic carbocycles. The number of aliphatic imine (C=N–C) groups is 1. The van der Waals surface area contributed by atoms with Crippen molar-refractivity contribution in [2.45, 2.75) is 52.0 Å². The highest BCUT2D eigenvalue weighted by Crippen LogP contribution is 2.06. The van der Waals surface area contributed by atoms with Crippen LogP contribution in [0.15, 0.2) is 29.3 Å². The summed E-state index contributed by atoms with van der Waals surface area (Å²) in [5, 5.41) is 9.42. The minimum absolute atomic E-state index is 0. The van der Waals surface area contributed by atoms with E-state index in [2.05, 4.69) is 34.8 Å². The van der Waals surface area contributed by atoms with Crippen molar-refractivity contribution < 1.29 is 4.79 Å². The molecule has 0 heterocycles. The molecule has 5 nitrogen and oxygen atoms in total. The number of hydrogen-bond acceptors (Lipinski definition) is 2. The number of halogens is 1. The van der Waals surface area contributed by atoms with Gasteiger partial charge in [-0.2, -0.15) is 0 Å². The molecular weight excluding hydrogens is 427 g/mol. The van der Waals surface area contributed by atoms with Crippen molar-refractivity contribution in [3.8, 4) is 0 Å². The molecule has 142 valence electrons. The van der Waals surface area contributed by atoms with E-state index < -0.39 is 0 Å². The van der Waals surface area contributed by atoms with Gasteiger partial charge in [0, 0.05) is 32.2 Å². The Morgan fingerprint density at radius 1 is 1.28 bits per heavy atom. The molecule has 0 aromatic heterocycles. The largest absolute Gasteiger partial charge is 0.356 e. The molecule has 1 aromatic rings. The molecule has 0 fully saturated rings. The van der Waals surface area contributed by atoms with Crippen LogP contribution in [0.2, 0.25) is 0 Å². The molecule has 0 aliphatic rings. The number of unbranched alkanes of at least 4 members (excludes halogenated alkanes) is 2. The lowest BCUT2D eigenvalue weighted by molar-refractivity contribution is 0.0963. The maximum absolute atomic E-state index is 11.7. The fourth-order valence-corrected chi connectivity index (χ4v) is 2.54. The van der Waals surface area contributed by atoms with E-state index in [9.17, 15) is 4.79 Å². The molecule has 0 spiro atoms. The van der Waals surface area contributed by atoms with Crippen LogP contribution in [0, 0.1) is 0 Å². The van der Waals surface area contributed by atoms with Crippen LogP contribution in [0.1, 0.15) is 55.5 Å². The third-order valence-electron chi connectivity index (χ3n) is 3.97. The smallest absolute Gasteiger partial charge is 0.251 e. The van der Waals surface area contributed by atoms with Crippen molar-refractivity contribution in [1.29, 1.82) is 0 Å². The van der Waals surface area contributed by atoms with E-state index in [1.54, 1.807) is 14.1 Å². The van der Waals surface area contributed by atoms with Gasteiger partial charge in [-0.25, -0.2) is 0 Å². The predicted octanol–water partition coefficient (Wildman–Crippen LogP) is 3.34. The van der Waals surface area contributed by atoms with E-state index in [-0.39, 0.29) is 29.9 Å². The highest BCUT2D eigenvalue weighted by atomic mass is 127. The van der Waals surface area contributed by atoms with Gasteiger partial charge in [0.25, 0.3) is 5.91 Å². The van der Waals surface area contributed by atoms with Crippen molar-refractivity contribution >= 4 is 35.8 Å². The van der Waals surface area contributed by atoms with Crippen LogP contribution in [0.4, 0.5) is 0 Å². The molecule has 25 heavy (non-hydrogen) atoms. The van der Waals surface area contributed by atoms with Crippen molar-refractivity contribution in [2.24, 2.45) is 4.99 Å². The Morgan fingerprint density at radius 3 is 2.68 bits per heavy atom. The highest BCUT2D eigenvalue weighted by molar-refractivity contribution is 14.0. The first-order valence-electron chi connectivity index (χ1n) is 8.88. The van der Waals surface area contributed by atoms with Gasteiger partial charge >= 0.3 is 0 Å². The topological polar surface area (TPSA) is 65.5 Å². The van der Waals surface area contributed by atoms with E-state index in [0.29, 0.717) is 11.6 Å². The molecule has 1 unspecified atom stereocenters. The number of hydrogen-bond donors (Lipinski definition) is 3. The Bertz CT molecular complexity index is 534. The Balaban J connectivity index is 0.00000576. The van der Waals surface area contributed by atoms with Gasteiger partial charge in [-0.15, -0.1) is 24.0 Å². The lowest BCUT2D eigenvalue weighted by Gasteiger charge is -2.18. The first-order valence-corrected chi connectivity index (χ1v) is 8.88. The summed E-state index contributed by atoms with van der Waals surface area (Å²) in [5.74, 6) is 0.782. The van der Waals surface area contributed by atoms with Crippen LogP contribution < -0.4 is 16.0 Å². The first-order chi connectivity index (χ1) is 11.6. The average Bonchev–Trinajstić information content (AvgIpc) is 2.60. The van der Waals surface area contributed by atoms with Gasteiger partial charge in [0.1, 0.15) is 0 Å². The van der Waals surface area contributed by atoms with Crippen LogP contribution in [0.5, 0.6) is 0 Å².